The van der Waals surface area contributed by atoms with Crippen molar-refractivity contribution in [2.45, 2.75) is 33.2 Å². The third kappa shape index (κ3) is 5.34. The molecule has 0 aromatic heterocycles. The minimum absolute atomic E-state index is 0.119. The molecular weight excluding hydrogens is 328 g/mol. The van der Waals surface area contributed by atoms with Crippen molar-refractivity contribution in [3.63, 3.8) is 0 Å². The van der Waals surface area contributed by atoms with Gasteiger partial charge in [0.25, 0.3) is 5.91 Å². The zero-order valence-electron chi connectivity index (χ0n) is 15.5. The number of benzene rings is 2. The molecule has 0 unspecified atom stereocenters. The summed E-state index contributed by atoms with van der Waals surface area (Å²) in [6.45, 7) is 5.67. The van der Waals surface area contributed by atoms with Gasteiger partial charge in [0.05, 0.1) is 11.6 Å². The molecule has 2 aromatic carbocycles. The Hall–Kier alpha value is -2.82. The van der Waals surface area contributed by atoms with Crippen LogP contribution in [-0.2, 0) is 9.53 Å². The Kier molecular flexibility index (Phi) is 6.78. The Morgan fingerprint density at radius 2 is 1.77 bits per heavy atom. The maximum absolute atomic E-state index is 12.3. The highest BCUT2D eigenvalue weighted by Crippen LogP contribution is 2.21. The molecule has 5 nitrogen and oxygen atoms in total. The highest BCUT2D eigenvalue weighted by Gasteiger charge is 2.18. The fourth-order valence-electron chi connectivity index (χ4n) is 2.74. The molecule has 26 heavy (non-hydrogen) atoms. The highest BCUT2D eigenvalue weighted by atomic mass is 16.5. The fraction of sp³-hybridized carbons (Fsp3) is 0.333. The topological polar surface area (TPSA) is 81.4 Å². The van der Waals surface area contributed by atoms with Gasteiger partial charge in [-0.3, -0.25) is 4.79 Å². The molecule has 0 spiro atoms. The number of amides is 1. The van der Waals surface area contributed by atoms with Crippen molar-refractivity contribution in [2.75, 3.05) is 12.3 Å². The third-order valence-corrected chi connectivity index (χ3v) is 4.12. The Balaban J connectivity index is 1.97. The van der Waals surface area contributed by atoms with E-state index in [1.165, 1.54) is 0 Å². The van der Waals surface area contributed by atoms with Gasteiger partial charge in [0.1, 0.15) is 0 Å². The lowest BCUT2D eigenvalue weighted by Crippen LogP contribution is -2.33. The smallest absolute Gasteiger partial charge is 0.340 e. The molecule has 0 saturated heterocycles. The van der Waals surface area contributed by atoms with Crippen molar-refractivity contribution in [3.8, 4) is 0 Å². The summed E-state index contributed by atoms with van der Waals surface area (Å²) in [6, 6.07) is 14.8. The number of esters is 1. The molecule has 138 valence electrons. The predicted molar refractivity (Wildman–Crippen MR) is 103 cm³/mol. The summed E-state index contributed by atoms with van der Waals surface area (Å²) in [5.41, 5.74) is 8.38. The molecule has 5 heteroatoms. The van der Waals surface area contributed by atoms with E-state index in [1.54, 1.807) is 12.1 Å². The van der Waals surface area contributed by atoms with E-state index in [0.717, 1.165) is 17.5 Å². The van der Waals surface area contributed by atoms with Gasteiger partial charge in [-0.1, -0.05) is 56.3 Å². The second-order valence-electron chi connectivity index (χ2n) is 6.77. The van der Waals surface area contributed by atoms with E-state index in [2.05, 4.69) is 19.2 Å². The Bertz CT molecular complexity index is 757. The van der Waals surface area contributed by atoms with E-state index in [-0.39, 0.29) is 24.1 Å². The molecule has 0 aliphatic heterocycles. The van der Waals surface area contributed by atoms with Crippen LogP contribution >= 0.6 is 0 Å². The Morgan fingerprint density at radius 3 is 2.42 bits per heavy atom. The molecule has 2 aromatic rings. The van der Waals surface area contributed by atoms with Crippen molar-refractivity contribution in [3.05, 3.63) is 65.2 Å². The largest absolute Gasteiger partial charge is 0.452 e. The number of hydrogen-bond acceptors (Lipinski definition) is 4. The number of ether oxygens (including phenoxy) is 1. The first-order valence-corrected chi connectivity index (χ1v) is 8.75. The Labute approximate surface area is 154 Å². The van der Waals surface area contributed by atoms with Crippen LogP contribution in [0.15, 0.2) is 48.5 Å². The SMILES string of the molecule is Cc1cccc(C(=O)OCC(=O)N[C@H](CC(C)C)c2ccccc2)c1N. The summed E-state index contributed by atoms with van der Waals surface area (Å²) >= 11 is 0. The van der Waals surface area contributed by atoms with Crippen LogP contribution in [0.4, 0.5) is 5.69 Å². The Morgan fingerprint density at radius 1 is 1.08 bits per heavy atom. The van der Waals surface area contributed by atoms with E-state index >= 15 is 0 Å². The van der Waals surface area contributed by atoms with E-state index in [0.29, 0.717) is 11.6 Å². The minimum atomic E-state index is -0.596. The zero-order valence-corrected chi connectivity index (χ0v) is 15.5. The molecule has 0 heterocycles. The van der Waals surface area contributed by atoms with Crippen molar-refractivity contribution in [1.82, 2.24) is 5.32 Å². The summed E-state index contributed by atoms with van der Waals surface area (Å²) in [7, 11) is 0. The van der Waals surface area contributed by atoms with Crippen molar-refractivity contribution in [2.24, 2.45) is 5.92 Å². The van der Waals surface area contributed by atoms with Crippen molar-refractivity contribution < 1.29 is 14.3 Å². The maximum Gasteiger partial charge on any atom is 0.340 e. The first kappa shape index (κ1) is 19.5. The van der Waals surface area contributed by atoms with Crippen LogP contribution in [0.1, 0.15) is 47.8 Å². The van der Waals surface area contributed by atoms with Crippen LogP contribution in [0.5, 0.6) is 0 Å². The minimum Gasteiger partial charge on any atom is -0.452 e. The van der Waals surface area contributed by atoms with Gasteiger partial charge in [-0.2, -0.15) is 0 Å². The zero-order chi connectivity index (χ0) is 19.1. The molecule has 2 rings (SSSR count). The van der Waals surface area contributed by atoms with E-state index in [9.17, 15) is 9.59 Å². The van der Waals surface area contributed by atoms with Crippen LogP contribution in [0.2, 0.25) is 0 Å². The number of nitrogen functional groups attached to an aromatic ring is 1. The summed E-state index contributed by atoms with van der Waals surface area (Å²) < 4.78 is 5.14. The molecule has 0 radical (unpaired) electrons. The van der Waals surface area contributed by atoms with Gasteiger partial charge in [0.15, 0.2) is 6.61 Å². The summed E-state index contributed by atoms with van der Waals surface area (Å²) in [5, 5.41) is 2.95. The van der Waals surface area contributed by atoms with Crippen LogP contribution in [-0.4, -0.2) is 18.5 Å². The van der Waals surface area contributed by atoms with Crippen LogP contribution in [0.25, 0.3) is 0 Å². The van der Waals surface area contributed by atoms with Gasteiger partial charge in [-0.15, -0.1) is 0 Å². The molecule has 1 amide bonds. The highest BCUT2D eigenvalue weighted by molar-refractivity contribution is 5.96. The van der Waals surface area contributed by atoms with Crippen molar-refractivity contribution >= 4 is 17.6 Å². The van der Waals surface area contributed by atoms with E-state index in [1.807, 2.05) is 43.3 Å². The maximum atomic E-state index is 12.3. The summed E-state index contributed by atoms with van der Waals surface area (Å²) in [6.07, 6.45) is 0.800. The van der Waals surface area contributed by atoms with Crippen LogP contribution < -0.4 is 11.1 Å². The third-order valence-electron chi connectivity index (χ3n) is 4.12. The summed E-state index contributed by atoms with van der Waals surface area (Å²) in [5.74, 6) is -0.518. The van der Waals surface area contributed by atoms with E-state index in [4.69, 9.17) is 10.5 Å². The number of para-hydroxylation sites is 1. The summed E-state index contributed by atoms with van der Waals surface area (Å²) in [4.78, 5) is 24.4. The second-order valence-corrected chi connectivity index (χ2v) is 6.77. The van der Waals surface area contributed by atoms with Crippen molar-refractivity contribution in [1.29, 1.82) is 0 Å². The average molecular weight is 354 g/mol. The lowest BCUT2D eigenvalue weighted by Gasteiger charge is -2.21. The van der Waals surface area contributed by atoms with E-state index < -0.39 is 5.97 Å². The molecule has 0 saturated carbocycles. The van der Waals surface area contributed by atoms with Gasteiger partial charge in [-0.05, 0) is 36.5 Å². The van der Waals surface area contributed by atoms with Gasteiger partial charge in [0.2, 0.25) is 0 Å². The molecule has 0 aliphatic carbocycles. The first-order chi connectivity index (χ1) is 12.4. The number of nitrogens with one attached hydrogen (secondary N) is 1. The molecule has 0 aliphatic rings. The monoisotopic (exact) mass is 354 g/mol. The average Bonchev–Trinajstić information content (AvgIpc) is 2.62. The number of rotatable bonds is 7. The van der Waals surface area contributed by atoms with Crippen LogP contribution in [0, 0.1) is 12.8 Å². The number of hydrogen-bond donors (Lipinski definition) is 2. The molecular formula is C21H26N2O3. The molecule has 1 atom stereocenters. The first-order valence-electron chi connectivity index (χ1n) is 8.75. The van der Waals surface area contributed by atoms with Gasteiger partial charge >= 0.3 is 5.97 Å². The molecule has 0 bridgehead atoms. The second kappa shape index (κ2) is 9.04. The van der Waals surface area contributed by atoms with Gasteiger partial charge in [0, 0.05) is 5.69 Å². The number of carbonyl (C=O) groups excluding carboxylic acids is 2. The lowest BCUT2D eigenvalue weighted by atomic mass is 9.97. The fourth-order valence-corrected chi connectivity index (χ4v) is 2.74. The number of nitrogens with two attached hydrogens (primary N) is 1. The van der Waals surface area contributed by atoms with Gasteiger partial charge in [-0.25, -0.2) is 4.79 Å². The number of carbonyl (C=O) groups is 2. The number of anilines is 1. The van der Waals surface area contributed by atoms with Crippen LogP contribution in [0.3, 0.4) is 0 Å². The lowest BCUT2D eigenvalue weighted by molar-refractivity contribution is -0.125. The molecule has 3 N–H and O–H groups in total. The molecule has 0 fully saturated rings. The number of aryl methyl sites for hydroxylation is 1. The quantitative estimate of drug-likeness (QED) is 0.587. The predicted octanol–water partition coefficient (Wildman–Crippen LogP) is 3.64. The standard InChI is InChI=1S/C21H26N2O3/c1-14(2)12-18(16-9-5-4-6-10-16)23-19(24)13-26-21(25)17-11-7-8-15(3)20(17)22/h4-11,14,18H,12-13,22H2,1-3H3,(H,23,24)/t18-/m1/s1. The van der Waals surface area contributed by atoms with Gasteiger partial charge < -0.3 is 15.8 Å². The normalized spacial score (nSPS) is 11.8.